The predicted octanol–water partition coefficient (Wildman–Crippen LogP) is 2.01. The van der Waals surface area contributed by atoms with Crippen LogP contribution in [-0.2, 0) is 11.3 Å². The van der Waals surface area contributed by atoms with Gasteiger partial charge in [-0.15, -0.1) is 0 Å². The van der Waals surface area contributed by atoms with Gasteiger partial charge in [-0.05, 0) is 43.5 Å². The van der Waals surface area contributed by atoms with E-state index < -0.39 is 6.04 Å². The number of benzene rings is 1. The Morgan fingerprint density at radius 2 is 2.17 bits per heavy atom. The largest absolute Gasteiger partial charge is 0.497 e. The summed E-state index contributed by atoms with van der Waals surface area (Å²) in [7, 11) is 1.60. The molecule has 1 amide bonds. The molecule has 1 aromatic heterocycles. The molecule has 1 aliphatic rings. The Labute approximate surface area is 140 Å². The van der Waals surface area contributed by atoms with E-state index >= 15 is 0 Å². The van der Waals surface area contributed by atoms with Crippen LogP contribution in [0, 0.1) is 0 Å². The zero-order chi connectivity index (χ0) is 17.1. The van der Waals surface area contributed by atoms with E-state index in [1.54, 1.807) is 20.1 Å². The molecule has 126 valence electrons. The summed E-state index contributed by atoms with van der Waals surface area (Å²) < 4.78 is 6.44. The molecule has 1 fully saturated rings. The summed E-state index contributed by atoms with van der Waals surface area (Å²) in [5.74, 6) is 0.939. The third kappa shape index (κ3) is 3.64. The summed E-state index contributed by atoms with van der Waals surface area (Å²) >= 11 is 0. The standard InChI is InChI=1S/C18H21N3O3/c1-12(21-17(22)9-8-16(20-21)14-6-7-14)18(23)19-11-13-4-3-5-15(10-13)24-2/h3-5,8-10,12,14H,6-7,11H2,1-2H3,(H,19,23). The molecule has 0 radical (unpaired) electrons. The molecule has 1 saturated carbocycles. The Morgan fingerprint density at radius 1 is 1.38 bits per heavy atom. The smallest absolute Gasteiger partial charge is 0.267 e. The number of amides is 1. The van der Waals surface area contributed by atoms with Crippen molar-refractivity contribution in [2.45, 2.75) is 38.3 Å². The first-order chi connectivity index (χ1) is 11.6. The number of nitrogens with one attached hydrogen (secondary N) is 1. The second-order valence-electron chi connectivity index (χ2n) is 6.06. The van der Waals surface area contributed by atoms with Crippen LogP contribution in [0.1, 0.15) is 43.0 Å². The number of carbonyl (C=O) groups excluding carboxylic acids is 1. The summed E-state index contributed by atoms with van der Waals surface area (Å²) in [5.41, 5.74) is 1.56. The van der Waals surface area contributed by atoms with Gasteiger partial charge in [0.1, 0.15) is 11.8 Å². The molecular weight excluding hydrogens is 306 g/mol. The lowest BCUT2D eigenvalue weighted by Gasteiger charge is -2.15. The zero-order valence-corrected chi connectivity index (χ0v) is 13.9. The van der Waals surface area contributed by atoms with Gasteiger partial charge in [-0.25, -0.2) is 4.68 Å². The lowest BCUT2D eigenvalue weighted by atomic mass is 10.2. The van der Waals surface area contributed by atoms with Gasteiger partial charge in [-0.3, -0.25) is 9.59 Å². The van der Waals surface area contributed by atoms with Gasteiger partial charge in [0.25, 0.3) is 5.56 Å². The van der Waals surface area contributed by atoms with Crippen LogP contribution < -0.4 is 15.6 Å². The Morgan fingerprint density at radius 3 is 2.88 bits per heavy atom. The van der Waals surface area contributed by atoms with Gasteiger partial charge in [-0.2, -0.15) is 5.10 Å². The minimum Gasteiger partial charge on any atom is -0.497 e. The van der Waals surface area contributed by atoms with Gasteiger partial charge in [0.15, 0.2) is 0 Å². The molecular formula is C18H21N3O3. The number of carbonyl (C=O) groups is 1. The highest BCUT2D eigenvalue weighted by Gasteiger charge is 2.27. The summed E-state index contributed by atoms with van der Waals surface area (Å²) in [4.78, 5) is 24.4. The van der Waals surface area contributed by atoms with Crippen molar-refractivity contribution < 1.29 is 9.53 Å². The highest BCUT2D eigenvalue weighted by atomic mass is 16.5. The van der Waals surface area contributed by atoms with E-state index in [1.807, 2.05) is 24.3 Å². The molecule has 6 nitrogen and oxygen atoms in total. The normalized spacial score (nSPS) is 14.9. The lowest BCUT2D eigenvalue weighted by Crippen LogP contribution is -2.37. The van der Waals surface area contributed by atoms with Crippen molar-refractivity contribution in [3.05, 3.63) is 58.0 Å². The van der Waals surface area contributed by atoms with Crippen LogP contribution in [0.2, 0.25) is 0 Å². The monoisotopic (exact) mass is 327 g/mol. The van der Waals surface area contributed by atoms with Crippen molar-refractivity contribution >= 4 is 5.91 Å². The minimum atomic E-state index is -0.651. The number of ether oxygens (including phenoxy) is 1. The second-order valence-corrected chi connectivity index (χ2v) is 6.06. The minimum absolute atomic E-state index is 0.236. The summed E-state index contributed by atoms with van der Waals surface area (Å²) in [5, 5.41) is 7.21. The Kier molecular flexibility index (Phi) is 4.64. The fourth-order valence-corrected chi connectivity index (χ4v) is 2.54. The van der Waals surface area contributed by atoms with Crippen LogP contribution in [0.25, 0.3) is 0 Å². The molecule has 1 N–H and O–H groups in total. The van der Waals surface area contributed by atoms with Crippen LogP contribution in [0.5, 0.6) is 5.75 Å². The molecule has 0 aliphatic heterocycles. The predicted molar refractivity (Wildman–Crippen MR) is 90.0 cm³/mol. The maximum absolute atomic E-state index is 12.4. The first-order valence-corrected chi connectivity index (χ1v) is 8.09. The highest BCUT2D eigenvalue weighted by molar-refractivity contribution is 5.79. The number of methoxy groups -OCH3 is 1. The van der Waals surface area contributed by atoms with Gasteiger partial charge in [0.2, 0.25) is 5.91 Å². The van der Waals surface area contributed by atoms with E-state index in [9.17, 15) is 9.59 Å². The van der Waals surface area contributed by atoms with Gasteiger partial charge in [-0.1, -0.05) is 12.1 Å². The average Bonchev–Trinajstić information content (AvgIpc) is 3.44. The van der Waals surface area contributed by atoms with Gasteiger partial charge in [0, 0.05) is 18.5 Å². The van der Waals surface area contributed by atoms with Crippen LogP contribution in [0.3, 0.4) is 0 Å². The molecule has 6 heteroatoms. The third-order valence-electron chi connectivity index (χ3n) is 4.19. The van der Waals surface area contributed by atoms with E-state index in [0.29, 0.717) is 12.5 Å². The van der Waals surface area contributed by atoms with Crippen LogP contribution >= 0.6 is 0 Å². The van der Waals surface area contributed by atoms with Crippen molar-refractivity contribution in [3.8, 4) is 5.75 Å². The molecule has 1 atom stereocenters. The number of hydrogen-bond donors (Lipinski definition) is 1. The maximum atomic E-state index is 12.4. The second kappa shape index (κ2) is 6.86. The van der Waals surface area contributed by atoms with E-state index in [1.165, 1.54) is 10.7 Å². The fraction of sp³-hybridized carbons (Fsp3) is 0.389. The number of hydrogen-bond acceptors (Lipinski definition) is 4. The molecule has 1 unspecified atom stereocenters. The SMILES string of the molecule is COc1cccc(CNC(=O)C(C)n2nc(C3CC3)ccc2=O)c1. The first-order valence-electron chi connectivity index (χ1n) is 8.09. The molecule has 0 spiro atoms. The average molecular weight is 327 g/mol. The molecule has 2 aromatic rings. The molecule has 1 aliphatic carbocycles. The van der Waals surface area contributed by atoms with Crippen molar-refractivity contribution in [2.24, 2.45) is 0 Å². The van der Waals surface area contributed by atoms with Gasteiger partial charge >= 0.3 is 0 Å². The summed E-state index contributed by atoms with van der Waals surface area (Å²) in [6, 6.07) is 10.1. The van der Waals surface area contributed by atoms with Crippen LogP contribution in [0.15, 0.2) is 41.2 Å². The molecule has 1 heterocycles. The third-order valence-corrected chi connectivity index (χ3v) is 4.19. The Balaban J connectivity index is 1.68. The van der Waals surface area contributed by atoms with E-state index in [0.717, 1.165) is 29.8 Å². The summed E-state index contributed by atoms with van der Waals surface area (Å²) in [6.45, 7) is 2.06. The van der Waals surface area contributed by atoms with Crippen molar-refractivity contribution in [2.75, 3.05) is 7.11 Å². The fourth-order valence-electron chi connectivity index (χ4n) is 2.54. The summed E-state index contributed by atoms with van der Waals surface area (Å²) in [6.07, 6.45) is 2.20. The quantitative estimate of drug-likeness (QED) is 0.881. The van der Waals surface area contributed by atoms with E-state index in [4.69, 9.17) is 4.74 Å². The van der Waals surface area contributed by atoms with E-state index in [-0.39, 0.29) is 11.5 Å². The zero-order valence-electron chi connectivity index (χ0n) is 13.9. The number of rotatable bonds is 6. The first kappa shape index (κ1) is 16.2. The Hall–Kier alpha value is -2.63. The lowest BCUT2D eigenvalue weighted by molar-refractivity contribution is -0.124. The van der Waals surface area contributed by atoms with Crippen LogP contribution in [-0.4, -0.2) is 22.8 Å². The number of nitrogens with zero attached hydrogens (tertiary/aromatic N) is 2. The van der Waals surface area contributed by atoms with Crippen molar-refractivity contribution in [1.82, 2.24) is 15.1 Å². The maximum Gasteiger partial charge on any atom is 0.267 e. The molecule has 1 aromatic carbocycles. The van der Waals surface area contributed by atoms with Gasteiger partial charge in [0.05, 0.1) is 12.8 Å². The van der Waals surface area contributed by atoms with Crippen molar-refractivity contribution in [3.63, 3.8) is 0 Å². The highest BCUT2D eigenvalue weighted by Crippen LogP contribution is 2.38. The van der Waals surface area contributed by atoms with E-state index in [2.05, 4.69) is 10.4 Å². The molecule has 24 heavy (non-hydrogen) atoms. The van der Waals surface area contributed by atoms with Gasteiger partial charge < -0.3 is 10.1 Å². The molecule has 0 saturated heterocycles. The molecule has 0 bridgehead atoms. The topological polar surface area (TPSA) is 73.2 Å². The van der Waals surface area contributed by atoms with Crippen molar-refractivity contribution in [1.29, 1.82) is 0 Å². The Bertz CT molecular complexity index is 796. The van der Waals surface area contributed by atoms with Crippen LogP contribution in [0.4, 0.5) is 0 Å². The molecule has 3 rings (SSSR count). The number of aromatic nitrogens is 2.